The minimum Gasteiger partial charge on any atom is -0.497 e. The molecular weight excluding hydrogens is 412 g/mol. The molecule has 3 aromatic rings. The third-order valence-electron chi connectivity index (χ3n) is 4.99. The number of methoxy groups -OCH3 is 2. The van der Waals surface area contributed by atoms with Gasteiger partial charge in [0.25, 0.3) is 11.8 Å². The molecule has 0 atom stereocenters. The molecule has 2 amide bonds. The summed E-state index contributed by atoms with van der Waals surface area (Å²) in [5.74, 6) is 1.72. The highest BCUT2D eigenvalue weighted by atomic mass is 16.7. The van der Waals surface area contributed by atoms with Gasteiger partial charge in [0.2, 0.25) is 6.79 Å². The van der Waals surface area contributed by atoms with E-state index in [9.17, 15) is 9.59 Å². The van der Waals surface area contributed by atoms with Crippen LogP contribution >= 0.6 is 0 Å². The molecule has 0 aliphatic carbocycles. The number of hydrogen-bond acceptors (Lipinski definition) is 6. The molecule has 8 heteroatoms. The Kier molecular flexibility index (Phi) is 6.12. The lowest BCUT2D eigenvalue weighted by atomic mass is 10.1. The Bertz CT molecular complexity index is 1050. The van der Waals surface area contributed by atoms with Gasteiger partial charge in [-0.25, -0.2) is 0 Å². The van der Waals surface area contributed by atoms with E-state index in [1.807, 2.05) is 0 Å². The van der Waals surface area contributed by atoms with E-state index < -0.39 is 6.17 Å². The van der Waals surface area contributed by atoms with E-state index >= 15 is 0 Å². The summed E-state index contributed by atoms with van der Waals surface area (Å²) >= 11 is 0. The van der Waals surface area contributed by atoms with Gasteiger partial charge in [0.1, 0.15) is 17.7 Å². The van der Waals surface area contributed by atoms with E-state index in [0.29, 0.717) is 39.7 Å². The SMILES string of the molecule is COc1ccc(C(=O)NC(NC(=O)c2ccc(OC)cc2)c2ccc3c(c2)OCO3)cc1. The molecule has 8 nitrogen and oxygen atoms in total. The summed E-state index contributed by atoms with van der Waals surface area (Å²) in [6.07, 6.45) is -0.811. The van der Waals surface area contributed by atoms with E-state index in [4.69, 9.17) is 18.9 Å². The first kappa shape index (κ1) is 21.0. The molecule has 0 unspecified atom stereocenters. The molecule has 2 N–H and O–H groups in total. The Morgan fingerprint density at radius 2 is 1.25 bits per heavy atom. The van der Waals surface area contributed by atoms with Crippen LogP contribution in [0.3, 0.4) is 0 Å². The zero-order valence-electron chi connectivity index (χ0n) is 17.6. The van der Waals surface area contributed by atoms with Crippen molar-refractivity contribution >= 4 is 11.8 Å². The van der Waals surface area contributed by atoms with E-state index in [0.717, 1.165) is 0 Å². The van der Waals surface area contributed by atoms with Crippen LogP contribution in [0.15, 0.2) is 66.7 Å². The lowest BCUT2D eigenvalue weighted by molar-refractivity contribution is 0.0883. The second-order valence-electron chi connectivity index (χ2n) is 6.95. The molecule has 0 aromatic heterocycles. The summed E-state index contributed by atoms with van der Waals surface area (Å²) < 4.78 is 21.1. The molecule has 32 heavy (non-hydrogen) atoms. The summed E-state index contributed by atoms with van der Waals surface area (Å²) in [6, 6.07) is 18.6. The van der Waals surface area contributed by atoms with Gasteiger partial charge in [-0.3, -0.25) is 9.59 Å². The predicted molar refractivity (Wildman–Crippen MR) is 116 cm³/mol. The van der Waals surface area contributed by atoms with Crippen LogP contribution < -0.4 is 29.6 Å². The number of hydrogen-bond donors (Lipinski definition) is 2. The molecule has 0 bridgehead atoms. The highest BCUT2D eigenvalue weighted by Crippen LogP contribution is 2.34. The zero-order valence-corrected chi connectivity index (χ0v) is 17.6. The molecule has 0 saturated heterocycles. The first-order valence-electron chi connectivity index (χ1n) is 9.87. The van der Waals surface area contributed by atoms with Crippen LogP contribution in [0.2, 0.25) is 0 Å². The largest absolute Gasteiger partial charge is 0.497 e. The summed E-state index contributed by atoms with van der Waals surface area (Å²) in [5.41, 5.74) is 1.49. The summed E-state index contributed by atoms with van der Waals surface area (Å²) in [7, 11) is 3.11. The van der Waals surface area contributed by atoms with Crippen molar-refractivity contribution < 1.29 is 28.5 Å². The maximum Gasteiger partial charge on any atom is 0.253 e. The Morgan fingerprint density at radius 1 is 0.750 bits per heavy atom. The van der Waals surface area contributed by atoms with Crippen LogP contribution in [0.5, 0.6) is 23.0 Å². The molecular formula is C24H22N2O6. The zero-order chi connectivity index (χ0) is 22.5. The Morgan fingerprint density at radius 3 is 1.75 bits per heavy atom. The van der Waals surface area contributed by atoms with Crippen LogP contribution in [0.4, 0.5) is 0 Å². The number of amides is 2. The fourth-order valence-corrected chi connectivity index (χ4v) is 3.21. The van der Waals surface area contributed by atoms with Crippen LogP contribution in [0.25, 0.3) is 0 Å². The van der Waals surface area contributed by atoms with Crippen molar-refractivity contribution in [2.45, 2.75) is 6.17 Å². The van der Waals surface area contributed by atoms with Crippen LogP contribution in [-0.4, -0.2) is 32.8 Å². The second kappa shape index (κ2) is 9.30. The Labute approximate surface area is 185 Å². The van der Waals surface area contributed by atoms with Crippen molar-refractivity contribution in [2.75, 3.05) is 21.0 Å². The fourth-order valence-electron chi connectivity index (χ4n) is 3.21. The monoisotopic (exact) mass is 434 g/mol. The predicted octanol–water partition coefficient (Wildman–Crippen LogP) is 3.29. The van der Waals surface area contributed by atoms with Gasteiger partial charge in [0.05, 0.1) is 14.2 Å². The molecule has 0 radical (unpaired) electrons. The van der Waals surface area contributed by atoms with E-state index in [-0.39, 0.29) is 18.6 Å². The summed E-state index contributed by atoms with van der Waals surface area (Å²) in [4.78, 5) is 25.8. The molecule has 1 aliphatic rings. The number of ether oxygens (including phenoxy) is 4. The summed E-state index contributed by atoms with van der Waals surface area (Å²) in [6.45, 7) is 0.125. The van der Waals surface area contributed by atoms with Gasteiger partial charge in [-0.05, 0) is 66.2 Å². The van der Waals surface area contributed by atoms with Crippen LogP contribution in [0, 0.1) is 0 Å². The highest BCUT2D eigenvalue weighted by molar-refractivity contribution is 5.97. The topological polar surface area (TPSA) is 95.1 Å². The number of rotatable bonds is 7. The van der Waals surface area contributed by atoms with Gasteiger partial charge in [-0.2, -0.15) is 0 Å². The van der Waals surface area contributed by atoms with E-state index in [2.05, 4.69) is 10.6 Å². The molecule has 0 fully saturated rings. The molecule has 0 spiro atoms. The van der Waals surface area contributed by atoms with Crippen molar-refractivity contribution in [1.82, 2.24) is 10.6 Å². The van der Waals surface area contributed by atoms with Crippen molar-refractivity contribution in [3.05, 3.63) is 83.4 Å². The van der Waals surface area contributed by atoms with Crippen molar-refractivity contribution in [3.63, 3.8) is 0 Å². The van der Waals surface area contributed by atoms with Gasteiger partial charge in [-0.1, -0.05) is 6.07 Å². The molecule has 4 rings (SSSR count). The second-order valence-corrected chi connectivity index (χ2v) is 6.95. The standard InChI is InChI=1S/C24H22N2O6/c1-29-18-8-3-15(4-9-18)23(27)25-22(17-7-12-20-21(13-17)32-14-31-20)26-24(28)16-5-10-19(30-2)11-6-16/h3-13,22H,14H2,1-2H3,(H,25,27)(H,26,28). The van der Waals surface area contributed by atoms with Gasteiger partial charge in [-0.15, -0.1) is 0 Å². The highest BCUT2D eigenvalue weighted by Gasteiger charge is 2.22. The van der Waals surface area contributed by atoms with E-state index in [1.54, 1.807) is 80.9 Å². The van der Waals surface area contributed by atoms with E-state index in [1.165, 1.54) is 0 Å². The molecule has 1 heterocycles. The first-order chi connectivity index (χ1) is 15.6. The maximum atomic E-state index is 12.9. The maximum absolute atomic E-state index is 12.9. The number of carbonyl (C=O) groups is 2. The molecule has 0 saturated carbocycles. The van der Waals surface area contributed by atoms with Crippen molar-refractivity contribution in [1.29, 1.82) is 0 Å². The lowest BCUT2D eigenvalue weighted by Crippen LogP contribution is -2.41. The van der Waals surface area contributed by atoms with Gasteiger partial charge in [0.15, 0.2) is 11.5 Å². The quantitative estimate of drug-likeness (QED) is 0.554. The minimum absolute atomic E-state index is 0.125. The molecule has 3 aromatic carbocycles. The average molecular weight is 434 g/mol. The van der Waals surface area contributed by atoms with Crippen LogP contribution in [-0.2, 0) is 0 Å². The lowest BCUT2D eigenvalue weighted by Gasteiger charge is -2.21. The van der Waals surface area contributed by atoms with Crippen molar-refractivity contribution in [3.8, 4) is 23.0 Å². The van der Waals surface area contributed by atoms with Gasteiger partial charge >= 0.3 is 0 Å². The van der Waals surface area contributed by atoms with Crippen LogP contribution in [0.1, 0.15) is 32.4 Å². The Balaban J connectivity index is 1.58. The van der Waals surface area contributed by atoms with Crippen molar-refractivity contribution in [2.24, 2.45) is 0 Å². The Hall–Kier alpha value is -4.20. The number of fused-ring (bicyclic) bond motifs is 1. The third kappa shape index (κ3) is 4.59. The fraction of sp³-hybridized carbons (Fsp3) is 0.167. The summed E-state index contributed by atoms with van der Waals surface area (Å²) in [5, 5.41) is 5.74. The first-order valence-corrected chi connectivity index (χ1v) is 9.87. The number of carbonyl (C=O) groups excluding carboxylic acids is 2. The molecule has 164 valence electrons. The average Bonchev–Trinajstić information content (AvgIpc) is 3.31. The third-order valence-corrected chi connectivity index (χ3v) is 4.99. The minimum atomic E-state index is -0.811. The molecule has 1 aliphatic heterocycles. The van der Waals surface area contributed by atoms with Gasteiger partial charge in [0, 0.05) is 11.1 Å². The number of nitrogens with one attached hydrogen (secondary N) is 2. The smallest absolute Gasteiger partial charge is 0.253 e. The number of benzene rings is 3. The van der Waals surface area contributed by atoms with Gasteiger partial charge < -0.3 is 29.6 Å². The normalized spacial score (nSPS) is 11.7.